The molecule has 1 aromatic heterocycles. The highest BCUT2D eigenvalue weighted by molar-refractivity contribution is 6.00. The van der Waals surface area contributed by atoms with Gasteiger partial charge >= 0.3 is 6.18 Å². The molecule has 10 N–H and O–H groups in total. The molecule has 11 atom stereocenters. The highest BCUT2D eigenvalue weighted by Crippen LogP contribution is 2.33. The largest absolute Gasteiger partial charge is 0.542 e. The molecule has 0 radical (unpaired) electrons. The third-order valence-electron chi connectivity index (χ3n) is 22.0. The second-order valence-electron chi connectivity index (χ2n) is 32.2. The third kappa shape index (κ3) is 25.6. The van der Waals surface area contributed by atoms with Crippen LogP contribution in [0.5, 0.6) is 5.75 Å². The molecule has 640 valence electrons. The zero-order chi connectivity index (χ0) is 85.8. The lowest BCUT2D eigenvalue weighted by Crippen LogP contribution is -2.64. The summed E-state index contributed by atoms with van der Waals surface area (Å²) in [6, 6.07) is 13.7. The Morgan fingerprint density at radius 3 is 2.06 bits per heavy atom. The van der Waals surface area contributed by atoms with Crippen LogP contribution in [-0.4, -0.2) is 228 Å². The maximum Gasteiger partial charge on any atom is 0.430 e. The van der Waals surface area contributed by atoms with E-state index < -0.39 is 156 Å². The number of Topliss-reactive ketones (excluding diaryl/α,β-unsaturated/α-hetero) is 1. The van der Waals surface area contributed by atoms with Gasteiger partial charge in [-0.05, 0) is 149 Å². The number of aryl methyl sites for hydroxylation is 1. The van der Waals surface area contributed by atoms with Crippen molar-refractivity contribution in [1.29, 1.82) is 0 Å². The number of hydrogen-bond acceptors (Lipinski definition) is 17. The summed E-state index contributed by atoms with van der Waals surface area (Å²) in [5, 5.41) is 46.4. The summed E-state index contributed by atoms with van der Waals surface area (Å²) in [7, 11) is 7.73. The van der Waals surface area contributed by atoms with E-state index in [4.69, 9.17) is 19.4 Å². The van der Waals surface area contributed by atoms with E-state index in [1.807, 2.05) is 28.8 Å². The second-order valence-corrected chi connectivity index (χ2v) is 32.2. The van der Waals surface area contributed by atoms with Crippen molar-refractivity contribution in [3.63, 3.8) is 0 Å². The van der Waals surface area contributed by atoms with Crippen LogP contribution < -0.4 is 57.7 Å². The molecular formula is C84H109F4N13O17. The van der Waals surface area contributed by atoms with Crippen molar-refractivity contribution in [2.75, 3.05) is 61.0 Å². The number of alkyl halides is 3. The number of quaternary nitrogens is 1. The van der Waals surface area contributed by atoms with Gasteiger partial charge in [0.05, 0.1) is 53.0 Å². The smallest absolute Gasteiger partial charge is 0.430 e. The second kappa shape index (κ2) is 41.5. The molecule has 11 rings (SSSR count). The quantitative estimate of drug-likeness (QED) is 0.0460. The molecule has 12 bridgehead atoms. The fourth-order valence-corrected chi connectivity index (χ4v) is 15.5. The third-order valence-corrected chi connectivity index (χ3v) is 22.0. The number of aliphatic carboxylic acids is 1. The molecule has 30 nitrogen and oxygen atoms in total. The number of carboxylic acid groups (broad SMARTS) is 1. The summed E-state index contributed by atoms with van der Waals surface area (Å²) in [6.45, 7) is 4.91. The normalized spacial score (nSPS) is 24.7. The number of ether oxygens (including phenoxy) is 2. The molecule has 4 aromatic carbocycles. The molecule has 0 saturated carbocycles. The number of rotatable bonds is 13. The number of carboxylic acids is 1. The lowest BCUT2D eigenvalue weighted by atomic mass is 9.95. The number of hydrogen-bond donors (Lipinski definition) is 10. The van der Waals surface area contributed by atoms with Crippen LogP contribution in [0.25, 0.3) is 10.9 Å². The topological polar surface area (TPSA) is 403 Å². The van der Waals surface area contributed by atoms with E-state index >= 15 is 33.2 Å². The molecule has 11 amide bonds. The van der Waals surface area contributed by atoms with E-state index in [2.05, 4.69) is 69.0 Å². The first-order chi connectivity index (χ1) is 56.0. The molecule has 2 fully saturated rings. The molecule has 118 heavy (non-hydrogen) atoms. The number of carbonyl (C=O) groups excluding carboxylic acids is 13. The number of nitrogens with one attached hydrogen (secondary N) is 9. The number of aliphatic hydroxyl groups excluding tert-OH is 1. The van der Waals surface area contributed by atoms with Crippen LogP contribution >= 0.6 is 0 Å². The fraction of sp³-hybridized carbons (Fsp3) is 0.536. The van der Waals surface area contributed by atoms with Gasteiger partial charge in [0, 0.05) is 94.8 Å². The minimum absolute atomic E-state index is 0.0682. The number of amides is 11. The number of aliphatic hydroxyl groups is 1. The van der Waals surface area contributed by atoms with Crippen LogP contribution in [0.2, 0.25) is 0 Å². The molecule has 0 spiro atoms. The standard InChI is InChI=1S/C82H108FN13O15.C2HF3O2/c1-50-74(102)88-63(30-27-59(98)18-10-9-13-41-96(4,5)6)75(103)89-64-44-54-16-14-17-55(42-54)47-85-71(101)49-111-68-35-40-94-73(68)78(106)92-72(51(2)97)77(105)91-65(43-53-22-28-60(110-7)29-23-53)80(108)95-39-15-36-82(95,3)81(109)84-37-34-52-20-24-56(25-21-52)62(87-70(100)33-32-69(99)86-50)19-11-8-12-38-93-48-57(45-66(79(94)107)90-76(64)104)61-46-58(83)26-31-67(61)93;3-2(4,5)1(6)7/h14,16-17,20-26,28-29,31,42,46,48,50-51,62-66,68,72-73,97H,8-13,15,18-19,27,30,32-41,43-45,47,49H2,1-7H3,(H8-,84,85,86,87,88,89,90,91,92,99,100,101,102,103,104,105,106,109);(H,6,7)/t50-,51+,62+,63+,64-,65-,66-,68-,72-,73-,82-;/m0./s1. The number of aromatic nitrogens is 1. The Kier molecular flexibility index (Phi) is 32.0. The van der Waals surface area contributed by atoms with Crippen molar-refractivity contribution in [2.45, 2.75) is 228 Å². The van der Waals surface area contributed by atoms with Gasteiger partial charge < -0.3 is 91.2 Å². The zero-order valence-corrected chi connectivity index (χ0v) is 67.7. The Balaban J connectivity index is 0.00000217. The first-order valence-electron chi connectivity index (χ1n) is 40.2. The van der Waals surface area contributed by atoms with Crippen LogP contribution in [0.4, 0.5) is 17.6 Å². The van der Waals surface area contributed by atoms with E-state index in [-0.39, 0.29) is 96.2 Å². The highest BCUT2D eigenvalue weighted by Gasteiger charge is 2.50. The molecule has 0 aliphatic carbocycles. The van der Waals surface area contributed by atoms with Gasteiger partial charge in [-0.3, -0.25) is 57.5 Å². The van der Waals surface area contributed by atoms with Crippen molar-refractivity contribution in [3.05, 3.63) is 136 Å². The minimum Gasteiger partial charge on any atom is -0.542 e. The Labute approximate surface area is 682 Å². The minimum atomic E-state index is -5.19. The van der Waals surface area contributed by atoms with Crippen LogP contribution in [0.15, 0.2) is 97.2 Å². The maximum absolute atomic E-state index is 16.3. The Morgan fingerprint density at radius 1 is 0.669 bits per heavy atom. The highest BCUT2D eigenvalue weighted by atomic mass is 19.4. The van der Waals surface area contributed by atoms with E-state index in [1.165, 1.54) is 38.0 Å². The van der Waals surface area contributed by atoms with Gasteiger partial charge in [-0.1, -0.05) is 73.5 Å². The number of carbonyl (C=O) groups is 13. The first-order valence-corrected chi connectivity index (χ1v) is 40.2. The SMILES string of the molecule is COc1ccc(C[C@@H]2NC(=O)[C@H]([C@@H](C)O)NC(=O)[C@@H]3[C@@H]4CCN3C(=O)[C@@H]3Cc5cn(c6ccc(F)cc56)CCCCC[C@@H](NC(=O)CCC(=O)N[C@@H](C)C(=O)N[C@H](CCC(=O)CCCCC[N+](C)(C)C)C(=O)N[C@@H](Cc5cccc(c5)CNC(=O)CO4)C(=O)N3)c3ccc(cc3)CCNC(=O)[C@]3(C)CCCN3C2=O)cc1.O=C([O-])C(F)(F)F. The summed E-state index contributed by atoms with van der Waals surface area (Å²) in [5.41, 5.74) is 2.74. The number of nitrogens with zero attached hydrogens (tertiary/aromatic N) is 4. The number of benzene rings is 4. The summed E-state index contributed by atoms with van der Waals surface area (Å²) in [4.78, 5) is 189. The van der Waals surface area contributed by atoms with E-state index in [9.17, 15) is 47.0 Å². The predicted octanol–water partition coefficient (Wildman–Crippen LogP) is 2.92. The van der Waals surface area contributed by atoms with Crippen molar-refractivity contribution >= 4 is 87.6 Å². The lowest BCUT2D eigenvalue weighted by molar-refractivity contribution is -0.870. The van der Waals surface area contributed by atoms with Gasteiger partial charge in [0.15, 0.2) is 0 Å². The van der Waals surface area contributed by atoms with E-state index in [1.54, 1.807) is 67.7 Å². The number of halogens is 4. The van der Waals surface area contributed by atoms with Gasteiger partial charge in [-0.25, -0.2) is 4.39 Å². The molecular weight excluding hydrogens is 1540 g/mol. The molecule has 6 aliphatic rings. The van der Waals surface area contributed by atoms with Crippen molar-refractivity contribution < 1.29 is 104 Å². The Morgan fingerprint density at radius 2 is 1.36 bits per heavy atom. The van der Waals surface area contributed by atoms with Crippen LogP contribution in [0, 0.1) is 5.82 Å². The average molecular weight is 1650 g/mol. The van der Waals surface area contributed by atoms with Crippen LogP contribution in [-0.2, 0) is 106 Å². The Hall–Kier alpha value is -10.9. The van der Waals surface area contributed by atoms with Gasteiger partial charge in [0.1, 0.15) is 77.8 Å². The van der Waals surface area contributed by atoms with Crippen LogP contribution in [0.1, 0.15) is 157 Å². The monoisotopic (exact) mass is 1650 g/mol. The molecule has 7 heterocycles. The summed E-state index contributed by atoms with van der Waals surface area (Å²) in [6.07, 6.45) is -2.61. The molecule has 5 aromatic rings. The number of fused-ring (bicyclic) bond motifs is 16. The number of methoxy groups -OCH3 is 1. The zero-order valence-electron chi connectivity index (χ0n) is 67.7. The molecule has 6 aliphatic heterocycles. The summed E-state index contributed by atoms with van der Waals surface area (Å²) < 4.78 is 61.8. The number of unbranched alkanes of at least 4 members (excludes halogenated alkanes) is 2. The van der Waals surface area contributed by atoms with Crippen molar-refractivity contribution in [1.82, 2.24) is 62.2 Å². The first kappa shape index (κ1) is 91.0. The molecule has 0 unspecified atom stereocenters. The van der Waals surface area contributed by atoms with E-state index in [0.29, 0.717) is 90.4 Å². The summed E-state index contributed by atoms with van der Waals surface area (Å²) in [5.74, 6) is -11.7. The van der Waals surface area contributed by atoms with Gasteiger partial charge in [0.2, 0.25) is 65.0 Å². The van der Waals surface area contributed by atoms with Crippen molar-refractivity contribution in [3.8, 4) is 5.75 Å². The Bertz CT molecular complexity index is 4440. The lowest BCUT2D eigenvalue weighted by Gasteiger charge is -2.37. The molecule has 34 heteroatoms. The summed E-state index contributed by atoms with van der Waals surface area (Å²) >= 11 is 0. The predicted molar refractivity (Wildman–Crippen MR) is 421 cm³/mol. The average Bonchev–Trinajstić information content (AvgIpc) is 1.63. The fourth-order valence-electron chi connectivity index (χ4n) is 15.5. The van der Waals surface area contributed by atoms with Crippen molar-refractivity contribution in [2.24, 2.45) is 0 Å². The van der Waals surface area contributed by atoms with Crippen LogP contribution in [0.3, 0.4) is 0 Å². The van der Waals surface area contributed by atoms with Gasteiger partial charge in [-0.2, -0.15) is 13.2 Å². The molecule has 2 saturated heterocycles. The number of ketones is 1. The van der Waals surface area contributed by atoms with Gasteiger partial charge in [-0.15, -0.1) is 0 Å². The maximum atomic E-state index is 16.3. The van der Waals surface area contributed by atoms with E-state index in [0.717, 1.165) is 39.9 Å². The van der Waals surface area contributed by atoms with Gasteiger partial charge in [0.25, 0.3) is 0 Å².